The number of amides is 1. The summed E-state index contributed by atoms with van der Waals surface area (Å²) in [5, 5.41) is 16.4. The number of carbonyl (C=O) groups is 3. The lowest BCUT2D eigenvalue weighted by Gasteiger charge is -2.46. The zero-order valence-corrected chi connectivity index (χ0v) is 22.7. The zero-order valence-electron chi connectivity index (χ0n) is 19.6. The summed E-state index contributed by atoms with van der Waals surface area (Å²) < 4.78 is 0.456. The van der Waals surface area contributed by atoms with E-state index < -0.39 is 23.3 Å². The lowest BCUT2D eigenvalue weighted by atomic mass is 9.62. The maximum absolute atomic E-state index is 12.7. The second kappa shape index (κ2) is 10.9. The zero-order chi connectivity index (χ0) is 26.0. The molecule has 190 valence electrons. The monoisotopic (exact) mass is 593 g/mol. The van der Waals surface area contributed by atoms with Gasteiger partial charge in [-0.15, -0.1) is 0 Å². The molecule has 2 aliphatic carbocycles. The number of carboxylic acid groups (broad SMARTS) is 1. The van der Waals surface area contributed by atoms with E-state index in [1.165, 1.54) is 12.4 Å². The van der Waals surface area contributed by atoms with Gasteiger partial charge in [0.25, 0.3) is 5.91 Å². The first-order valence-electron chi connectivity index (χ1n) is 11.8. The van der Waals surface area contributed by atoms with Gasteiger partial charge >= 0.3 is 5.97 Å². The number of carboxylic acids is 1. The molecule has 1 aromatic heterocycles. The Morgan fingerprint density at radius 3 is 2.28 bits per heavy atom. The van der Waals surface area contributed by atoms with Crippen molar-refractivity contribution in [2.75, 3.05) is 5.32 Å². The van der Waals surface area contributed by atoms with Crippen LogP contribution in [0.2, 0.25) is 10.0 Å². The highest BCUT2D eigenvalue weighted by molar-refractivity contribution is 9.12. The van der Waals surface area contributed by atoms with Gasteiger partial charge in [0, 0.05) is 29.7 Å². The second-order valence-electron chi connectivity index (χ2n) is 9.19. The van der Waals surface area contributed by atoms with Crippen LogP contribution < -0.4 is 10.6 Å². The van der Waals surface area contributed by atoms with E-state index in [9.17, 15) is 19.5 Å². The maximum Gasteiger partial charge on any atom is 0.326 e. The summed E-state index contributed by atoms with van der Waals surface area (Å²) in [4.78, 5) is 41.6. The summed E-state index contributed by atoms with van der Waals surface area (Å²) in [6.45, 7) is 1.93. The summed E-state index contributed by atoms with van der Waals surface area (Å²) in [6.07, 6.45) is 7.73. The van der Waals surface area contributed by atoms with Gasteiger partial charge in [0.1, 0.15) is 6.04 Å². The first-order valence-corrected chi connectivity index (χ1v) is 13.4. The van der Waals surface area contributed by atoms with Crippen molar-refractivity contribution >= 4 is 62.5 Å². The van der Waals surface area contributed by atoms with Crippen LogP contribution in [-0.2, 0) is 9.59 Å². The average molecular weight is 595 g/mol. The highest BCUT2D eigenvalue weighted by Crippen LogP contribution is 2.53. The molecule has 4 rings (SSSR count). The minimum absolute atomic E-state index is 0.0661. The Bertz CT molecular complexity index is 1210. The standard InChI is InChI=1S/C26H26BrCl2N3O4/c1-2-16(21(25(35)36)32-22-20(27)23(33)26(22)10-4-3-5-11-26)14-6-8-15(9-7-14)31-24(34)19-17(28)12-30-13-18(19)29/h6-9,12-13,16,21,32H,2-5,10-11H2,1H3,(H,31,34)(H,35,36)/t16?,21-/m0/s1. The number of pyridine rings is 1. The summed E-state index contributed by atoms with van der Waals surface area (Å²) >= 11 is 15.5. The lowest BCUT2D eigenvalue weighted by Crippen LogP contribution is -2.54. The van der Waals surface area contributed by atoms with Crippen molar-refractivity contribution in [3.8, 4) is 0 Å². The predicted molar refractivity (Wildman–Crippen MR) is 143 cm³/mol. The Morgan fingerprint density at radius 1 is 1.11 bits per heavy atom. The van der Waals surface area contributed by atoms with E-state index in [1.54, 1.807) is 24.3 Å². The van der Waals surface area contributed by atoms with Crippen molar-refractivity contribution < 1.29 is 19.5 Å². The molecule has 2 aromatic rings. The number of nitrogens with zero attached hydrogens (tertiary/aromatic N) is 1. The SMILES string of the molecule is CCC(c1ccc(NC(=O)c2c(Cl)cncc2Cl)cc1)[C@H](NC1=C(Br)C(=O)C12CCCCC2)C(=O)O. The number of anilines is 1. The highest BCUT2D eigenvalue weighted by atomic mass is 79.9. The molecule has 1 heterocycles. The molecule has 1 amide bonds. The molecule has 0 saturated heterocycles. The van der Waals surface area contributed by atoms with Crippen molar-refractivity contribution in [1.82, 2.24) is 10.3 Å². The first kappa shape index (κ1) is 26.6. The van der Waals surface area contributed by atoms with Crippen LogP contribution in [0.5, 0.6) is 0 Å². The summed E-state index contributed by atoms with van der Waals surface area (Å²) in [5.74, 6) is -1.75. The number of allylic oxidation sites excluding steroid dienone is 2. The van der Waals surface area contributed by atoms with Gasteiger partial charge in [-0.3, -0.25) is 14.6 Å². The van der Waals surface area contributed by atoms with Gasteiger partial charge in [-0.25, -0.2) is 4.79 Å². The lowest BCUT2D eigenvalue weighted by molar-refractivity contribution is -0.140. The maximum atomic E-state index is 12.7. The van der Waals surface area contributed by atoms with Crippen LogP contribution in [0.15, 0.2) is 46.8 Å². The summed E-state index contributed by atoms with van der Waals surface area (Å²) in [6, 6.07) is 6.09. The van der Waals surface area contributed by atoms with Crippen LogP contribution in [0, 0.1) is 5.41 Å². The van der Waals surface area contributed by atoms with E-state index in [2.05, 4.69) is 31.5 Å². The number of hydrogen-bond acceptors (Lipinski definition) is 5. The van der Waals surface area contributed by atoms with E-state index in [1.807, 2.05) is 6.92 Å². The molecule has 2 atom stereocenters. The molecule has 0 radical (unpaired) electrons. The quantitative estimate of drug-likeness (QED) is 0.330. The molecule has 36 heavy (non-hydrogen) atoms. The molecule has 7 nitrogen and oxygen atoms in total. The van der Waals surface area contributed by atoms with Crippen LogP contribution >= 0.6 is 39.1 Å². The number of Topliss-reactive ketones (excluding diaryl/α,β-unsaturated/α-hetero) is 1. The molecular weight excluding hydrogens is 569 g/mol. The number of nitrogens with one attached hydrogen (secondary N) is 2. The number of carbonyl (C=O) groups excluding carboxylic acids is 2. The van der Waals surface area contributed by atoms with Crippen LogP contribution in [0.25, 0.3) is 0 Å². The number of hydrogen-bond donors (Lipinski definition) is 3. The Balaban J connectivity index is 1.53. The van der Waals surface area contributed by atoms with Gasteiger partial charge in [-0.05, 0) is 52.9 Å². The third-order valence-corrected chi connectivity index (χ3v) is 8.45. The van der Waals surface area contributed by atoms with E-state index >= 15 is 0 Å². The molecular formula is C26H26BrCl2N3O4. The number of ketones is 1. The Morgan fingerprint density at radius 2 is 1.72 bits per heavy atom. The largest absolute Gasteiger partial charge is 0.480 e. The van der Waals surface area contributed by atoms with Gasteiger partial charge in [0.15, 0.2) is 5.78 Å². The molecule has 1 aromatic carbocycles. The van der Waals surface area contributed by atoms with Gasteiger partial charge in [0.05, 0.1) is 25.5 Å². The second-order valence-corrected chi connectivity index (χ2v) is 10.8. The number of halogens is 3. The highest BCUT2D eigenvalue weighted by Gasteiger charge is 2.54. The van der Waals surface area contributed by atoms with Crippen molar-refractivity contribution in [3.05, 3.63) is 68.0 Å². The number of rotatable bonds is 8. The number of benzene rings is 1. The topological polar surface area (TPSA) is 108 Å². The third kappa shape index (κ3) is 4.91. The minimum atomic E-state index is -0.987. The van der Waals surface area contributed by atoms with Crippen LogP contribution in [-0.4, -0.2) is 33.8 Å². The van der Waals surface area contributed by atoms with E-state index in [0.29, 0.717) is 22.3 Å². The Kier molecular flexibility index (Phi) is 8.07. The van der Waals surface area contributed by atoms with E-state index in [-0.39, 0.29) is 27.3 Å². The molecule has 1 unspecified atom stereocenters. The molecule has 3 N–H and O–H groups in total. The fourth-order valence-electron chi connectivity index (χ4n) is 5.21. The predicted octanol–water partition coefficient (Wildman–Crippen LogP) is 6.32. The molecule has 2 aliphatic rings. The fraction of sp³-hybridized carbons (Fsp3) is 0.385. The van der Waals surface area contributed by atoms with Crippen LogP contribution in [0.1, 0.15) is 67.3 Å². The van der Waals surface area contributed by atoms with E-state index in [4.69, 9.17) is 23.2 Å². The van der Waals surface area contributed by atoms with Gasteiger partial charge in [0.2, 0.25) is 0 Å². The molecule has 1 spiro atoms. The van der Waals surface area contributed by atoms with Gasteiger partial charge in [-0.2, -0.15) is 0 Å². The Hall–Kier alpha value is -2.42. The van der Waals surface area contributed by atoms with Gasteiger partial charge in [-0.1, -0.05) is 61.5 Å². The summed E-state index contributed by atoms with van der Waals surface area (Å²) in [7, 11) is 0. The molecule has 0 aliphatic heterocycles. The summed E-state index contributed by atoms with van der Waals surface area (Å²) in [5.41, 5.74) is 1.57. The van der Waals surface area contributed by atoms with Crippen molar-refractivity contribution in [2.45, 2.75) is 57.4 Å². The van der Waals surface area contributed by atoms with Crippen molar-refractivity contribution in [3.63, 3.8) is 0 Å². The first-order chi connectivity index (χ1) is 17.2. The molecule has 10 heteroatoms. The smallest absolute Gasteiger partial charge is 0.326 e. The minimum Gasteiger partial charge on any atom is -0.480 e. The molecule has 1 fully saturated rings. The number of aromatic nitrogens is 1. The van der Waals surface area contributed by atoms with Crippen molar-refractivity contribution in [1.29, 1.82) is 0 Å². The van der Waals surface area contributed by atoms with Gasteiger partial charge < -0.3 is 15.7 Å². The van der Waals surface area contributed by atoms with Crippen LogP contribution in [0.3, 0.4) is 0 Å². The van der Waals surface area contributed by atoms with Crippen LogP contribution in [0.4, 0.5) is 5.69 Å². The molecule has 1 saturated carbocycles. The average Bonchev–Trinajstić information content (AvgIpc) is 2.87. The fourth-order valence-corrected chi connectivity index (χ4v) is 6.62. The number of aliphatic carboxylic acids is 1. The van der Waals surface area contributed by atoms with Crippen molar-refractivity contribution in [2.24, 2.45) is 5.41 Å². The normalized spacial score (nSPS) is 18.4. The Labute approximate surface area is 227 Å². The van der Waals surface area contributed by atoms with E-state index in [0.717, 1.165) is 37.7 Å². The molecule has 0 bridgehead atoms. The third-order valence-electron chi connectivity index (χ3n) is 7.12.